The molecular formula is C25H21BrCl2N4OS. The number of halogens is 3. The lowest BCUT2D eigenvalue weighted by atomic mass is 10.2. The number of nitrogens with one attached hydrogen (secondary N) is 1. The molecule has 1 aromatic heterocycles. The second-order valence-corrected chi connectivity index (χ2v) is 10.5. The molecular weight excluding hydrogens is 555 g/mol. The molecule has 34 heavy (non-hydrogen) atoms. The van der Waals surface area contributed by atoms with E-state index in [1.165, 1.54) is 11.1 Å². The Labute approximate surface area is 221 Å². The molecule has 1 N–H and O–H groups in total. The minimum absolute atomic E-state index is 0.203. The van der Waals surface area contributed by atoms with Gasteiger partial charge in [0.25, 0.3) is 5.91 Å². The van der Waals surface area contributed by atoms with Gasteiger partial charge in [0.15, 0.2) is 11.0 Å². The van der Waals surface area contributed by atoms with Crippen LogP contribution in [-0.2, 0) is 5.75 Å². The summed E-state index contributed by atoms with van der Waals surface area (Å²) in [6.45, 7) is 3.94. The minimum Gasteiger partial charge on any atom is -0.342 e. The van der Waals surface area contributed by atoms with E-state index in [4.69, 9.17) is 23.2 Å². The second kappa shape index (κ2) is 11.0. The normalized spacial score (nSPS) is 11.9. The van der Waals surface area contributed by atoms with Crippen LogP contribution in [0.15, 0.2) is 76.4 Å². The van der Waals surface area contributed by atoms with E-state index in [0.29, 0.717) is 38.0 Å². The first-order valence-corrected chi connectivity index (χ1v) is 13.0. The zero-order valence-electron chi connectivity index (χ0n) is 18.4. The molecule has 0 aliphatic rings. The number of carbonyl (C=O) groups is 1. The van der Waals surface area contributed by atoms with Crippen LogP contribution >= 0.6 is 50.9 Å². The molecule has 1 amide bonds. The highest BCUT2D eigenvalue weighted by atomic mass is 79.9. The van der Waals surface area contributed by atoms with Gasteiger partial charge in [-0.1, -0.05) is 80.7 Å². The number of rotatable bonds is 7. The van der Waals surface area contributed by atoms with Crippen LogP contribution in [0, 0.1) is 6.92 Å². The Balaban J connectivity index is 1.65. The van der Waals surface area contributed by atoms with Crippen molar-refractivity contribution >= 4 is 56.8 Å². The van der Waals surface area contributed by atoms with Crippen LogP contribution < -0.4 is 5.32 Å². The highest BCUT2D eigenvalue weighted by Gasteiger charge is 2.23. The van der Waals surface area contributed by atoms with Crippen LogP contribution in [0.1, 0.15) is 40.3 Å². The lowest BCUT2D eigenvalue weighted by molar-refractivity contribution is 0.0938. The molecule has 0 radical (unpaired) electrons. The van der Waals surface area contributed by atoms with Crippen molar-refractivity contribution in [3.05, 3.63) is 104 Å². The monoisotopic (exact) mass is 574 g/mol. The number of carbonyl (C=O) groups excluding carboxylic acids is 1. The van der Waals surface area contributed by atoms with Gasteiger partial charge in [0.05, 0.1) is 16.8 Å². The summed E-state index contributed by atoms with van der Waals surface area (Å²) in [6.07, 6.45) is 0. The average Bonchev–Trinajstić information content (AvgIpc) is 3.22. The molecule has 4 rings (SSSR count). The van der Waals surface area contributed by atoms with Crippen LogP contribution in [0.2, 0.25) is 10.0 Å². The zero-order chi connectivity index (χ0) is 24.2. The molecule has 4 aromatic rings. The van der Waals surface area contributed by atoms with Crippen LogP contribution in [0.3, 0.4) is 0 Å². The fourth-order valence-corrected chi connectivity index (χ4v) is 5.09. The minimum atomic E-state index is -0.427. The van der Waals surface area contributed by atoms with Gasteiger partial charge in [0.2, 0.25) is 0 Å². The van der Waals surface area contributed by atoms with Crippen molar-refractivity contribution in [1.29, 1.82) is 0 Å². The average molecular weight is 576 g/mol. The summed E-state index contributed by atoms with van der Waals surface area (Å²) in [6, 6.07) is 20.4. The number of hydrogen-bond acceptors (Lipinski definition) is 4. The van der Waals surface area contributed by atoms with Gasteiger partial charge in [-0.2, -0.15) is 0 Å². The van der Waals surface area contributed by atoms with Gasteiger partial charge < -0.3 is 5.32 Å². The number of nitrogens with zero attached hydrogens (tertiary/aromatic N) is 3. The van der Waals surface area contributed by atoms with Gasteiger partial charge >= 0.3 is 0 Å². The lowest BCUT2D eigenvalue weighted by Gasteiger charge is -2.17. The summed E-state index contributed by atoms with van der Waals surface area (Å²) in [7, 11) is 0. The first-order chi connectivity index (χ1) is 16.3. The predicted molar refractivity (Wildman–Crippen MR) is 142 cm³/mol. The molecule has 0 fully saturated rings. The molecule has 174 valence electrons. The van der Waals surface area contributed by atoms with Crippen molar-refractivity contribution in [3.63, 3.8) is 0 Å². The SMILES string of the molecule is Cc1cccc(CSc2nnc(C(C)NC(=O)c3ccc(Br)cc3)n2-c2ccc(Cl)cc2Cl)c1. The van der Waals surface area contributed by atoms with E-state index in [2.05, 4.69) is 56.6 Å². The van der Waals surface area contributed by atoms with Gasteiger partial charge in [-0.05, 0) is 61.9 Å². The molecule has 0 bridgehead atoms. The highest BCUT2D eigenvalue weighted by Crippen LogP contribution is 2.32. The van der Waals surface area contributed by atoms with Crippen molar-refractivity contribution < 1.29 is 4.79 Å². The number of hydrogen-bond donors (Lipinski definition) is 1. The molecule has 0 aliphatic heterocycles. The van der Waals surface area contributed by atoms with Gasteiger partial charge in [-0.15, -0.1) is 10.2 Å². The van der Waals surface area contributed by atoms with E-state index >= 15 is 0 Å². The van der Waals surface area contributed by atoms with Crippen LogP contribution in [0.4, 0.5) is 0 Å². The summed E-state index contributed by atoms with van der Waals surface area (Å²) >= 11 is 17.6. The van der Waals surface area contributed by atoms with E-state index in [0.717, 1.165) is 4.47 Å². The molecule has 1 unspecified atom stereocenters. The standard InChI is InChI=1S/C25H21BrCl2N4OS/c1-15-4-3-5-17(12-15)14-34-25-31-30-23(32(25)22-11-10-20(27)13-21(22)28)16(2)29-24(33)18-6-8-19(26)9-7-18/h3-13,16H,14H2,1-2H3,(H,29,33). The fraction of sp³-hybridized carbons (Fsp3) is 0.160. The molecule has 0 saturated carbocycles. The first kappa shape index (κ1) is 24.8. The Kier molecular flexibility index (Phi) is 7.99. The molecule has 0 saturated heterocycles. The van der Waals surface area contributed by atoms with Gasteiger partial charge in [-0.3, -0.25) is 9.36 Å². The number of thioether (sulfide) groups is 1. The van der Waals surface area contributed by atoms with E-state index in [1.54, 1.807) is 36.0 Å². The van der Waals surface area contributed by atoms with Gasteiger partial charge in [0.1, 0.15) is 0 Å². The number of amides is 1. The van der Waals surface area contributed by atoms with Gasteiger partial charge in [-0.25, -0.2) is 0 Å². The smallest absolute Gasteiger partial charge is 0.251 e. The summed E-state index contributed by atoms with van der Waals surface area (Å²) in [5, 5.41) is 13.5. The maximum atomic E-state index is 12.8. The Morgan fingerprint density at radius 3 is 2.56 bits per heavy atom. The quantitative estimate of drug-likeness (QED) is 0.233. The molecule has 1 atom stereocenters. The Hall–Kier alpha value is -2.32. The van der Waals surface area contributed by atoms with Crippen molar-refractivity contribution in [3.8, 4) is 5.69 Å². The summed E-state index contributed by atoms with van der Waals surface area (Å²) in [5.74, 6) is 1.08. The van der Waals surface area contributed by atoms with Crippen molar-refractivity contribution in [1.82, 2.24) is 20.1 Å². The van der Waals surface area contributed by atoms with E-state index in [1.807, 2.05) is 35.8 Å². The third-order valence-electron chi connectivity index (χ3n) is 5.10. The van der Waals surface area contributed by atoms with Crippen LogP contribution in [-0.4, -0.2) is 20.7 Å². The van der Waals surface area contributed by atoms with Crippen LogP contribution in [0.5, 0.6) is 0 Å². The largest absolute Gasteiger partial charge is 0.342 e. The second-order valence-electron chi connectivity index (χ2n) is 7.75. The molecule has 3 aromatic carbocycles. The van der Waals surface area contributed by atoms with E-state index in [-0.39, 0.29) is 5.91 Å². The molecule has 5 nitrogen and oxygen atoms in total. The molecule has 1 heterocycles. The lowest BCUT2D eigenvalue weighted by Crippen LogP contribution is -2.28. The molecule has 0 spiro atoms. The molecule has 9 heteroatoms. The maximum absolute atomic E-state index is 12.8. The number of aromatic nitrogens is 3. The summed E-state index contributed by atoms with van der Waals surface area (Å²) in [5.41, 5.74) is 3.63. The Morgan fingerprint density at radius 2 is 1.85 bits per heavy atom. The third-order valence-corrected chi connectivity index (χ3v) is 7.17. The van der Waals surface area contributed by atoms with E-state index < -0.39 is 6.04 Å². The maximum Gasteiger partial charge on any atom is 0.251 e. The third kappa shape index (κ3) is 5.84. The summed E-state index contributed by atoms with van der Waals surface area (Å²) < 4.78 is 2.79. The molecule has 0 aliphatic carbocycles. The predicted octanol–water partition coefficient (Wildman–Crippen LogP) is 7.43. The Bertz CT molecular complexity index is 1330. The number of aryl methyl sites for hydroxylation is 1. The van der Waals surface area contributed by atoms with Crippen molar-refractivity contribution in [2.45, 2.75) is 30.8 Å². The first-order valence-electron chi connectivity index (χ1n) is 10.5. The van der Waals surface area contributed by atoms with E-state index in [9.17, 15) is 4.79 Å². The van der Waals surface area contributed by atoms with Crippen molar-refractivity contribution in [2.75, 3.05) is 0 Å². The van der Waals surface area contributed by atoms with Gasteiger partial charge in [0, 0.05) is 20.8 Å². The highest BCUT2D eigenvalue weighted by molar-refractivity contribution is 9.10. The summed E-state index contributed by atoms with van der Waals surface area (Å²) in [4.78, 5) is 12.8. The van der Waals surface area contributed by atoms with Crippen molar-refractivity contribution in [2.24, 2.45) is 0 Å². The fourth-order valence-electron chi connectivity index (χ4n) is 3.44. The van der Waals surface area contributed by atoms with Crippen LogP contribution in [0.25, 0.3) is 5.69 Å². The number of benzene rings is 3. The Morgan fingerprint density at radius 1 is 1.09 bits per heavy atom. The topological polar surface area (TPSA) is 59.8 Å². The zero-order valence-corrected chi connectivity index (χ0v) is 22.3.